The lowest BCUT2D eigenvalue weighted by molar-refractivity contribution is -0.138. The number of ether oxygens (including phenoxy) is 1. The van der Waals surface area contributed by atoms with Crippen LogP contribution in [0, 0.1) is 10.8 Å². The van der Waals surface area contributed by atoms with Crippen LogP contribution in [0.2, 0.25) is 0 Å². The van der Waals surface area contributed by atoms with Gasteiger partial charge in [-0.2, -0.15) is 0 Å². The number of aromatic nitrogens is 1. The van der Waals surface area contributed by atoms with Gasteiger partial charge in [0.25, 0.3) is 5.91 Å². The molecule has 1 aromatic heterocycles. The minimum absolute atomic E-state index is 0.0179. The van der Waals surface area contributed by atoms with Crippen molar-refractivity contribution in [3.05, 3.63) is 112 Å². The summed E-state index contributed by atoms with van der Waals surface area (Å²) in [5.74, 6) is 0.593. The van der Waals surface area contributed by atoms with Gasteiger partial charge >= 0.3 is 0 Å². The van der Waals surface area contributed by atoms with E-state index in [1.54, 1.807) is 12.1 Å². The molecule has 0 radical (unpaired) electrons. The van der Waals surface area contributed by atoms with Crippen LogP contribution in [0.1, 0.15) is 72.1 Å². The predicted molar refractivity (Wildman–Crippen MR) is 184 cm³/mol. The third-order valence-electron chi connectivity index (χ3n) is 8.40. The van der Waals surface area contributed by atoms with Crippen LogP contribution in [0.25, 0.3) is 10.6 Å². The average molecular weight is 655 g/mol. The summed E-state index contributed by atoms with van der Waals surface area (Å²) in [4.78, 5) is 43.6. The zero-order valence-electron chi connectivity index (χ0n) is 26.6. The summed E-state index contributed by atoms with van der Waals surface area (Å²) in [6.45, 7) is 1.25. The Hall–Kier alpha value is -4.41. The number of nitroso groups, excluding NO2 is 1. The summed E-state index contributed by atoms with van der Waals surface area (Å²) < 4.78 is 5.41. The number of aryl methyl sites for hydroxylation is 1. The number of hydrogen-bond donors (Lipinski definition) is 2. The van der Waals surface area contributed by atoms with Gasteiger partial charge in [0.2, 0.25) is 12.1 Å². The van der Waals surface area contributed by atoms with E-state index in [9.17, 15) is 19.6 Å². The van der Waals surface area contributed by atoms with E-state index in [0.717, 1.165) is 66.8 Å². The van der Waals surface area contributed by atoms with E-state index in [4.69, 9.17) is 9.72 Å². The van der Waals surface area contributed by atoms with E-state index in [-0.39, 0.29) is 24.3 Å². The number of nitrogens with one attached hydrogen (secondary N) is 1. The molecule has 0 saturated heterocycles. The van der Waals surface area contributed by atoms with E-state index in [0.29, 0.717) is 30.9 Å². The lowest BCUT2D eigenvalue weighted by Gasteiger charge is -2.29. The van der Waals surface area contributed by atoms with Crippen LogP contribution < -0.4 is 10.1 Å². The third kappa shape index (κ3) is 10.3. The van der Waals surface area contributed by atoms with E-state index >= 15 is 0 Å². The summed E-state index contributed by atoms with van der Waals surface area (Å²) in [5.41, 5.74) is 4.62. The molecule has 0 spiro atoms. The van der Waals surface area contributed by atoms with Gasteiger partial charge in [-0.1, -0.05) is 73.9 Å². The van der Waals surface area contributed by atoms with Gasteiger partial charge in [0, 0.05) is 35.5 Å². The minimum atomic E-state index is -1.41. The molecule has 3 aromatic carbocycles. The minimum Gasteiger partial charge on any atom is -0.489 e. The highest BCUT2D eigenvalue weighted by molar-refractivity contribution is 7.13. The van der Waals surface area contributed by atoms with Crippen LogP contribution in [0.3, 0.4) is 0 Å². The molecule has 1 unspecified atom stereocenters. The maximum absolute atomic E-state index is 13.7. The highest BCUT2D eigenvalue weighted by atomic mass is 32.1. The topological polar surface area (TPSA) is 121 Å². The van der Waals surface area contributed by atoms with Crippen molar-refractivity contribution in [1.82, 2.24) is 15.2 Å². The largest absolute Gasteiger partial charge is 0.489 e. The molecule has 1 heterocycles. The Balaban J connectivity index is 1.17. The van der Waals surface area contributed by atoms with Crippen molar-refractivity contribution in [2.45, 2.75) is 70.7 Å². The molecule has 0 bridgehead atoms. The standard InChI is InChI=1S/C37H42N4O5S/c42-34(40-45)25-46-33-20-14-28(15-21-33)23-41(37(44)31-12-5-2-6-13-31)24-32-26-47-36(39-32)30-18-16-29(17-19-30)35(43)38-22-8-7-11-27-9-3-1-4-10-27/h1,3-4,9-10,14-21,26,31,34,42H,2,5-8,11-13,22-25H2,(H,38,43). The quantitative estimate of drug-likeness (QED) is 0.0979. The number of benzene rings is 3. The van der Waals surface area contributed by atoms with Crippen molar-refractivity contribution < 1.29 is 19.4 Å². The number of unbranched alkanes of at least 4 members (excludes halogenated alkanes) is 1. The number of aliphatic hydroxyl groups excluding tert-OH is 1. The molecule has 1 aliphatic carbocycles. The number of hydrogen-bond acceptors (Lipinski definition) is 8. The number of amides is 2. The van der Waals surface area contributed by atoms with Gasteiger partial charge in [0.15, 0.2) is 0 Å². The first-order valence-corrected chi connectivity index (χ1v) is 17.2. The van der Waals surface area contributed by atoms with Crippen molar-refractivity contribution in [1.29, 1.82) is 0 Å². The lowest BCUT2D eigenvalue weighted by atomic mass is 9.88. The molecule has 47 heavy (non-hydrogen) atoms. The van der Waals surface area contributed by atoms with Crippen molar-refractivity contribution in [2.24, 2.45) is 11.1 Å². The molecule has 9 nitrogen and oxygen atoms in total. The van der Waals surface area contributed by atoms with Crippen molar-refractivity contribution in [3.63, 3.8) is 0 Å². The van der Waals surface area contributed by atoms with Gasteiger partial charge in [0.05, 0.1) is 12.2 Å². The Bertz CT molecular complexity index is 1570. The molecular formula is C37H42N4O5S. The van der Waals surface area contributed by atoms with E-state index < -0.39 is 6.23 Å². The van der Waals surface area contributed by atoms with Crippen LogP contribution in [-0.2, 0) is 24.3 Å². The second-order valence-corrected chi connectivity index (χ2v) is 12.8. The van der Waals surface area contributed by atoms with Crippen LogP contribution in [0.4, 0.5) is 0 Å². The maximum atomic E-state index is 13.7. The molecule has 1 fully saturated rings. The van der Waals surface area contributed by atoms with E-state index in [2.05, 4.69) is 22.6 Å². The number of carbonyl (C=O) groups is 2. The molecule has 4 aromatic rings. The van der Waals surface area contributed by atoms with Crippen molar-refractivity contribution >= 4 is 23.2 Å². The average Bonchev–Trinajstić information content (AvgIpc) is 3.59. The lowest BCUT2D eigenvalue weighted by Crippen LogP contribution is -2.36. The van der Waals surface area contributed by atoms with Gasteiger partial charge in [-0.05, 0) is 72.7 Å². The molecule has 1 saturated carbocycles. The fourth-order valence-electron chi connectivity index (χ4n) is 5.81. The third-order valence-corrected chi connectivity index (χ3v) is 9.34. The zero-order valence-corrected chi connectivity index (χ0v) is 27.4. The first-order chi connectivity index (χ1) is 23.0. The number of nitrogens with zero attached hydrogens (tertiary/aromatic N) is 3. The Kier molecular flexibility index (Phi) is 12.6. The smallest absolute Gasteiger partial charge is 0.251 e. The highest BCUT2D eigenvalue weighted by Crippen LogP contribution is 2.29. The Morgan fingerprint density at radius 1 is 0.936 bits per heavy atom. The molecular weight excluding hydrogens is 612 g/mol. The normalized spacial score (nSPS) is 13.9. The van der Waals surface area contributed by atoms with Gasteiger partial charge < -0.3 is 20.1 Å². The Labute approximate surface area is 280 Å². The first-order valence-electron chi connectivity index (χ1n) is 16.4. The van der Waals surface area contributed by atoms with Crippen LogP contribution in [0.15, 0.2) is 89.4 Å². The first kappa shape index (κ1) is 33.9. The van der Waals surface area contributed by atoms with E-state index in [1.807, 2.05) is 64.9 Å². The highest BCUT2D eigenvalue weighted by Gasteiger charge is 2.27. The Morgan fingerprint density at radius 2 is 1.68 bits per heavy atom. The molecule has 2 amide bonds. The van der Waals surface area contributed by atoms with Crippen molar-refractivity contribution in [3.8, 4) is 16.3 Å². The number of rotatable bonds is 16. The maximum Gasteiger partial charge on any atom is 0.251 e. The molecule has 5 rings (SSSR count). The second kappa shape index (κ2) is 17.5. The number of aliphatic hydroxyl groups is 1. The molecule has 10 heteroatoms. The fourth-order valence-corrected chi connectivity index (χ4v) is 6.62. The van der Waals surface area contributed by atoms with Gasteiger partial charge in [0.1, 0.15) is 17.4 Å². The second-order valence-electron chi connectivity index (χ2n) is 12.0. The van der Waals surface area contributed by atoms with E-state index in [1.165, 1.54) is 23.3 Å². The van der Waals surface area contributed by atoms with Gasteiger partial charge in [-0.15, -0.1) is 16.2 Å². The van der Waals surface area contributed by atoms with Gasteiger partial charge in [-0.25, -0.2) is 4.98 Å². The molecule has 1 aliphatic rings. The van der Waals surface area contributed by atoms with Gasteiger partial charge in [-0.3, -0.25) is 9.59 Å². The van der Waals surface area contributed by atoms with Crippen LogP contribution >= 0.6 is 11.3 Å². The molecule has 1 atom stereocenters. The monoisotopic (exact) mass is 654 g/mol. The number of thiazole rings is 1. The fraction of sp³-hybridized carbons (Fsp3) is 0.378. The predicted octanol–water partition coefficient (Wildman–Crippen LogP) is 7.14. The van der Waals surface area contributed by atoms with Crippen LogP contribution in [-0.4, -0.2) is 46.2 Å². The summed E-state index contributed by atoms with van der Waals surface area (Å²) in [5, 5.41) is 17.7. The van der Waals surface area contributed by atoms with Crippen LogP contribution in [0.5, 0.6) is 5.75 Å². The summed E-state index contributed by atoms with van der Waals surface area (Å²) in [6.07, 6.45) is 6.66. The zero-order chi connectivity index (χ0) is 32.8. The molecule has 246 valence electrons. The number of carbonyl (C=O) groups excluding carboxylic acids is 2. The Morgan fingerprint density at radius 3 is 2.40 bits per heavy atom. The summed E-state index contributed by atoms with van der Waals surface area (Å²) in [6, 6.07) is 25.2. The molecule has 0 aliphatic heterocycles. The SMILES string of the molecule is O=NC(O)COc1ccc(CN(Cc2csc(-c3ccc(C(=O)NCCCCc4ccccc4)cc3)n2)C(=O)C2CCCCC2)cc1. The summed E-state index contributed by atoms with van der Waals surface area (Å²) >= 11 is 1.52. The molecule has 2 N–H and O–H groups in total. The van der Waals surface area contributed by atoms with Crippen molar-refractivity contribution in [2.75, 3.05) is 13.2 Å². The summed E-state index contributed by atoms with van der Waals surface area (Å²) in [7, 11) is 0.